The summed E-state index contributed by atoms with van der Waals surface area (Å²) in [7, 11) is -6.95. The SMILES string of the molecule is CC1(C)CCCN(c2ccc(S(C)(=O)=O)cc2S(C)(=O)=O)CC1. The Hall–Kier alpha value is -1.08. The van der Waals surface area contributed by atoms with E-state index in [2.05, 4.69) is 18.7 Å². The van der Waals surface area contributed by atoms with Crippen LogP contribution in [-0.4, -0.2) is 42.4 Å². The minimum Gasteiger partial charge on any atom is -0.370 e. The van der Waals surface area contributed by atoms with E-state index in [9.17, 15) is 16.8 Å². The standard InChI is InChI=1S/C16H25NO4S2/c1-16(2)8-5-10-17(11-9-16)14-7-6-13(22(3,18)19)12-15(14)23(4,20)21/h6-7,12H,5,8-11H2,1-4H3. The van der Waals surface area contributed by atoms with E-state index >= 15 is 0 Å². The van der Waals surface area contributed by atoms with Gasteiger partial charge in [0.15, 0.2) is 19.7 Å². The zero-order valence-electron chi connectivity index (χ0n) is 14.2. The van der Waals surface area contributed by atoms with Crippen molar-refractivity contribution in [3.63, 3.8) is 0 Å². The molecule has 1 aliphatic heterocycles. The second kappa shape index (κ2) is 6.09. The van der Waals surface area contributed by atoms with Crippen LogP contribution in [0.25, 0.3) is 0 Å². The van der Waals surface area contributed by atoms with E-state index in [1.54, 1.807) is 6.07 Å². The quantitative estimate of drug-likeness (QED) is 0.829. The van der Waals surface area contributed by atoms with Gasteiger partial charge in [-0.15, -0.1) is 0 Å². The van der Waals surface area contributed by atoms with E-state index in [4.69, 9.17) is 0 Å². The molecule has 7 heteroatoms. The first kappa shape index (κ1) is 18.3. The number of hydrogen-bond donors (Lipinski definition) is 0. The molecule has 0 spiro atoms. The number of sulfone groups is 2. The molecule has 1 aromatic rings. The third kappa shape index (κ3) is 4.47. The van der Waals surface area contributed by atoms with Gasteiger partial charge in [0, 0.05) is 25.6 Å². The Balaban J connectivity index is 2.50. The molecule has 0 aromatic heterocycles. The molecule has 130 valence electrons. The summed E-state index contributed by atoms with van der Waals surface area (Å²) < 4.78 is 47.8. The van der Waals surface area contributed by atoms with Crippen LogP contribution in [0.3, 0.4) is 0 Å². The van der Waals surface area contributed by atoms with E-state index in [-0.39, 0.29) is 15.2 Å². The van der Waals surface area contributed by atoms with Crippen molar-refractivity contribution in [3.8, 4) is 0 Å². The predicted octanol–water partition coefficient (Wildman–Crippen LogP) is 2.51. The maximum atomic E-state index is 12.2. The Labute approximate surface area is 139 Å². The Morgan fingerprint density at radius 1 is 0.957 bits per heavy atom. The first-order chi connectivity index (χ1) is 10.4. The molecule has 1 saturated heterocycles. The minimum absolute atomic E-state index is 0.0387. The van der Waals surface area contributed by atoms with Gasteiger partial charge in [-0.05, 0) is 42.9 Å². The molecule has 0 aliphatic carbocycles. The highest BCUT2D eigenvalue weighted by Gasteiger charge is 2.26. The average molecular weight is 360 g/mol. The van der Waals surface area contributed by atoms with Crippen LogP contribution in [0.15, 0.2) is 28.0 Å². The zero-order chi connectivity index (χ0) is 17.5. The van der Waals surface area contributed by atoms with Crippen LogP contribution in [0.4, 0.5) is 5.69 Å². The highest BCUT2D eigenvalue weighted by Crippen LogP contribution is 2.34. The molecule has 2 rings (SSSR count). The Morgan fingerprint density at radius 3 is 2.17 bits per heavy atom. The minimum atomic E-state index is -3.51. The van der Waals surface area contributed by atoms with E-state index in [0.717, 1.165) is 44.9 Å². The molecule has 0 unspecified atom stereocenters. The van der Waals surface area contributed by atoms with Gasteiger partial charge in [-0.3, -0.25) is 0 Å². The van der Waals surface area contributed by atoms with Crippen LogP contribution < -0.4 is 4.90 Å². The predicted molar refractivity (Wildman–Crippen MR) is 92.5 cm³/mol. The van der Waals surface area contributed by atoms with E-state index < -0.39 is 19.7 Å². The first-order valence-electron chi connectivity index (χ1n) is 7.69. The van der Waals surface area contributed by atoms with Gasteiger partial charge < -0.3 is 4.90 Å². The van der Waals surface area contributed by atoms with Gasteiger partial charge in [-0.2, -0.15) is 0 Å². The Bertz CT molecular complexity index is 795. The molecule has 5 nitrogen and oxygen atoms in total. The van der Waals surface area contributed by atoms with E-state index in [1.807, 2.05) is 0 Å². The summed E-state index contributed by atoms with van der Waals surface area (Å²) in [5, 5.41) is 0. The summed E-state index contributed by atoms with van der Waals surface area (Å²) in [4.78, 5) is 2.20. The number of nitrogens with zero attached hydrogens (tertiary/aromatic N) is 1. The smallest absolute Gasteiger partial charge is 0.177 e. The van der Waals surface area contributed by atoms with E-state index in [1.165, 1.54) is 12.1 Å². The molecule has 1 fully saturated rings. The number of anilines is 1. The van der Waals surface area contributed by atoms with Gasteiger partial charge >= 0.3 is 0 Å². The first-order valence-corrected chi connectivity index (χ1v) is 11.5. The van der Waals surface area contributed by atoms with Crippen molar-refractivity contribution in [2.45, 2.75) is 42.9 Å². The maximum Gasteiger partial charge on any atom is 0.177 e. The fraction of sp³-hybridized carbons (Fsp3) is 0.625. The lowest BCUT2D eigenvalue weighted by atomic mass is 9.85. The molecule has 1 heterocycles. The van der Waals surface area contributed by atoms with Crippen molar-refractivity contribution >= 4 is 25.4 Å². The number of rotatable bonds is 3. The van der Waals surface area contributed by atoms with E-state index in [0.29, 0.717) is 5.69 Å². The average Bonchev–Trinajstić information content (AvgIpc) is 2.57. The molecule has 0 bridgehead atoms. The second-order valence-corrected chi connectivity index (χ2v) is 11.2. The molecule has 1 aromatic carbocycles. The number of hydrogen-bond acceptors (Lipinski definition) is 5. The molecule has 0 amide bonds. The lowest BCUT2D eigenvalue weighted by Gasteiger charge is -2.26. The van der Waals surface area contributed by atoms with Crippen LogP contribution in [-0.2, 0) is 19.7 Å². The summed E-state index contributed by atoms with van der Waals surface area (Å²) in [5.74, 6) is 0. The maximum absolute atomic E-state index is 12.2. The summed E-state index contributed by atoms with van der Waals surface area (Å²) in [5.41, 5.74) is 0.852. The summed E-state index contributed by atoms with van der Waals surface area (Å²) in [6.45, 7) is 6.00. The van der Waals surface area contributed by atoms with Crippen LogP contribution in [0.1, 0.15) is 33.1 Å². The van der Waals surface area contributed by atoms with Crippen LogP contribution >= 0.6 is 0 Å². The van der Waals surface area contributed by atoms with Gasteiger partial charge in [0.2, 0.25) is 0 Å². The van der Waals surface area contributed by atoms with Gasteiger partial charge in [-0.25, -0.2) is 16.8 Å². The molecule has 23 heavy (non-hydrogen) atoms. The van der Waals surface area contributed by atoms with Gasteiger partial charge in [0.05, 0.1) is 15.5 Å². The lowest BCUT2D eigenvalue weighted by Crippen LogP contribution is -2.26. The third-order valence-corrected chi connectivity index (χ3v) is 6.68. The van der Waals surface area contributed by atoms with Crippen molar-refractivity contribution in [1.29, 1.82) is 0 Å². The van der Waals surface area contributed by atoms with Crippen LogP contribution in [0, 0.1) is 5.41 Å². The molecule has 0 radical (unpaired) electrons. The van der Waals surface area contributed by atoms with Gasteiger partial charge in [0.1, 0.15) is 0 Å². The number of benzene rings is 1. The van der Waals surface area contributed by atoms with Crippen LogP contribution in [0.2, 0.25) is 0 Å². The topological polar surface area (TPSA) is 71.5 Å². The normalized spacial score (nSPS) is 19.4. The fourth-order valence-electron chi connectivity index (χ4n) is 2.95. The lowest BCUT2D eigenvalue weighted by molar-refractivity contribution is 0.325. The van der Waals surface area contributed by atoms with Crippen molar-refractivity contribution < 1.29 is 16.8 Å². The van der Waals surface area contributed by atoms with Crippen molar-refractivity contribution in [3.05, 3.63) is 18.2 Å². The largest absolute Gasteiger partial charge is 0.370 e. The monoisotopic (exact) mass is 359 g/mol. The summed E-state index contributed by atoms with van der Waals surface area (Å²) in [6.07, 6.45) is 5.27. The van der Waals surface area contributed by atoms with Crippen LogP contribution in [0.5, 0.6) is 0 Å². The second-order valence-electron chi connectivity index (χ2n) is 7.18. The molecule has 0 atom stereocenters. The van der Waals surface area contributed by atoms with Gasteiger partial charge in [0.25, 0.3) is 0 Å². The summed E-state index contributed by atoms with van der Waals surface area (Å²) in [6, 6.07) is 4.41. The fourth-order valence-corrected chi connectivity index (χ4v) is 4.59. The molecular formula is C16H25NO4S2. The third-order valence-electron chi connectivity index (χ3n) is 4.44. The molecule has 0 N–H and O–H groups in total. The molecule has 1 aliphatic rings. The van der Waals surface area contributed by atoms with Crippen molar-refractivity contribution in [2.24, 2.45) is 5.41 Å². The van der Waals surface area contributed by atoms with Gasteiger partial charge in [-0.1, -0.05) is 13.8 Å². The summed E-state index contributed by atoms with van der Waals surface area (Å²) >= 11 is 0. The Morgan fingerprint density at radius 2 is 1.61 bits per heavy atom. The van der Waals surface area contributed by atoms with Crippen molar-refractivity contribution in [2.75, 3.05) is 30.5 Å². The zero-order valence-corrected chi connectivity index (χ0v) is 15.8. The molecular weight excluding hydrogens is 334 g/mol. The van der Waals surface area contributed by atoms with Crippen molar-refractivity contribution in [1.82, 2.24) is 0 Å². The highest BCUT2D eigenvalue weighted by molar-refractivity contribution is 7.91. The molecule has 0 saturated carbocycles. The highest BCUT2D eigenvalue weighted by atomic mass is 32.2. The Kier molecular flexibility index (Phi) is 4.84.